The van der Waals surface area contributed by atoms with Crippen molar-refractivity contribution >= 4 is 11.6 Å². The number of halogens is 1. The molecule has 1 aliphatic carbocycles. The van der Waals surface area contributed by atoms with Crippen LogP contribution in [0, 0.1) is 0 Å². The summed E-state index contributed by atoms with van der Waals surface area (Å²) in [6.07, 6.45) is 8.70. The number of hydrogen-bond donors (Lipinski definition) is 0. The molecule has 0 amide bonds. The lowest BCUT2D eigenvalue weighted by Crippen LogP contribution is -2.38. The Morgan fingerprint density at radius 1 is 1.47 bits per heavy atom. The van der Waals surface area contributed by atoms with E-state index in [0.29, 0.717) is 11.9 Å². The SMILES string of the molecule is ClCc1ncnn1C1CCOC2(CCCC2)C1. The maximum absolute atomic E-state index is 6.03. The molecular formula is C12H18ClN3O. The Bertz CT molecular complexity index is 387. The molecule has 0 aromatic carbocycles. The lowest BCUT2D eigenvalue weighted by atomic mass is 9.89. The smallest absolute Gasteiger partial charge is 0.142 e. The summed E-state index contributed by atoms with van der Waals surface area (Å²) >= 11 is 5.89. The van der Waals surface area contributed by atoms with Gasteiger partial charge in [-0.05, 0) is 25.7 Å². The van der Waals surface area contributed by atoms with Gasteiger partial charge in [-0.1, -0.05) is 12.8 Å². The van der Waals surface area contributed by atoms with Crippen molar-refractivity contribution in [3.05, 3.63) is 12.2 Å². The van der Waals surface area contributed by atoms with Gasteiger partial charge in [-0.25, -0.2) is 9.67 Å². The van der Waals surface area contributed by atoms with Crippen LogP contribution < -0.4 is 0 Å². The number of hydrogen-bond acceptors (Lipinski definition) is 3. The second-order valence-corrected chi connectivity index (χ2v) is 5.41. The average molecular weight is 256 g/mol. The van der Waals surface area contributed by atoms with Crippen LogP contribution in [0.2, 0.25) is 0 Å². The number of rotatable bonds is 2. The lowest BCUT2D eigenvalue weighted by Gasteiger charge is -2.38. The molecule has 1 saturated heterocycles. The van der Waals surface area contributed by atoms with Crippen molar-refractivity contribution in [3.8, 4) is 0 Å². The van der Waals surface area contributed by atoms with Gasteiger partial charge in [0.15, 0.2) is 0 Å². The first-order chi connectivity index (χ1) is 8.33. The number of alkyl halides is 1. The quantitative estimate of drug-likeness (QED) is 0.763. The number of nitrogens with zero attached hydrogens (tertiary/aromatic N) is 3. The van der Waals surface area contributed by atoms with Crippen LogP contribution in [0.4, 0.5) is 0 Å². The summed E-state index contributed by atoms with van der Waals surface area (Å²) in [6, 6.07) is 0.415. The normalized spacial score (nSPS) is 27.7. The third-order valence-corrected chi connectivity index (χ3v) is 4.33. The molecule has 1 spiro atoms. The zero-order valence-electron chi connectivity index (χ0n) is 9.94. The van der Waals surface area contributed by atoms with Crippen molar-refractivity contribution in [2.24, 2.45) is 0 Å². The highest BCUT2D eigenvalue weighted by Crippen LogP contribution is 2.43. The molecule has 17 heavy (non-hydrogen) atoms. The monoisotopic (exact) mass is 255 g/mol. The molecule has 0 bridgehead atoms. The molecule has 2 aliphatic rings. The van der Waals surface area contributed by atoms with Gasteiger partial charge < -0.3 is 4.74 Å². The van der Waals surface area contributed by atoms with E-state index < -0.39 is 0 Å². The summed E-state index contributed by atoms with van der Waals surface area (Å²) in [5, 5.41) is 4.33. The Hall–Kier alpha value is -0.610. The minimum absolute atomic E-state index is 0.123. The molecule has 94 valence electrons. The van der Waals surface area contributed by atoms with Crippen LogP contribution in [-0.4, -0.2) is 27.0 Å². The standard InChI is InChI=1S/C12H18ClN3O/c13-8-11-14-9-15-16(11)10-3-6-17-12(7-10)4-1-2-5-12/h9-10H,1-8H2. The first kappa shape index (κ1) is 11.5. The summed E-state index contributed by atoms with van der Waals surface area (Å²) in [7, 11) is 0. The highest BCUT2D eigenvalue weighted by Gasteiger charge is 2.41. The molecule has 4 nitrogen and oxygen atoms in total. The molecule has 0 radical (unpaired) electrons. The van der Waals surface area contributed by atoms with Gasteiger partial charge in [0, 0.05) is 6.61 Å². The third-order valence-electron chi connectivity index (χ3n) is 4.09. The highest BCUT2D eigenvalue weighted by atomic mass is 35.5. The molecule has 1 aromatic rings. The molecule has 2 fully saturated rings. The van der Waals surface area contributed by atoms with Crippen LogP contribution in [0.3, 0.4) is 0 Å². The van der Waals surface area contributed by atoms with E-state index >= 15 is 0 Å². The number of aromatic nitrogens is 3. The first-order valence-electron chi connectivity index (χ1n) is 6.41. The minimum Gasteiger partial charge on any atom is -0.375 e. The van der Waals surface area contributed by atoms with E-state index in [0.717, 1.165) is 25.3 Å². The maximum atomic E-state index is 6.03. The van der Waals surface area contributed by atoms with Crippen LogP contribution in [0.25, 0.3) is 0 Å². The largest absolute Gasteiger partial charge is 0.375 e. The van der Waals surface area contributed by atoms with Crippen molar-refractivity contribution in [1.29, 1.82) is 0 Å². The Morgan fingerprint density at radius 2 is 2.29 bits per heavy atom. The van der Waals surface area contributed by atoms with E-state index in [1.54, 1.807) is 6.33 Å². The van der Waals surface area contributed by atoms with Crippen LogP contribution in [0.5, 0.6) is 0 Å². The molecule has 1 atom stereocenters. The topological polar surface area (TPSA) is 39.9 Å². The van der Waals surface area contributed by atoms with Gasteiger partial charge in [0.05, 0.1) is 17.5 Å². The van der Waals surface area contributed by atoms with E-state index in [9.17, 15) is 0 Å². The molecule has 0 N–H and O–H groups in total. The number of ether oxygens (including phenoxy) is 1. The molecule has 2 heterocycles. The highest BCUT2D eigenvalue weighted by molar-refractivity contribution is 6.16. The molecule has 1 unspecified atom stereocenters. The van der Waals surface area contributed by atoms with Crippen LogP contribution in [0.1, 0.15) is 50.4 Å². The minimum atomic E-state index is 0.123. The second-order valence-electron chi connectivity index (χ2n) is 5.14. The summed E-state index contributed by atoms with van der Waals surface area (Å²) in [5.41, 5.74) is 0.123. The second kappa shape index (κ2) is 4.58. The lowest BCUT2D eigenvalue weighted by molar-refractivity contribution is -0.0913. The van der Waals surface area contributed by atoms with Crippen molar-refractivity contribution in [3.63, 3.8) is 0 Å². The van der Waals surface area contributed by atoms with Crippen molar-refractivity contribution in [1.82, 2.24) is 14.8 Å². The maximum Gasteiger partial charge on any atom is 0.142 e. The fourth-order valence-corrected chi connectivity index (χ4v) is 3.44. The van der Waals surface area contributed by atoms with Crippen molar-refractivity contribution in [2.75, 3.05) is 6.61 Å². The molecule has 1 saturated carbocycles. The average Bonchev–Trinajstić information content (AvgIpc) is 2.98. The van der Waals surface area contributed by atoms with Gasteiger partial charge in [0.2, 0.25) is 0 Å². The Kier molecular flexibility index (Phi) is 3.09. The van der Waals surface area contributed by atoms with E-state index in [4.69, 9.17) is 16.3 Å². The summed E-state index contributed by atoms with van der Waals surface area (Å²) in [5.74, 6) is 1.32. The fraction of sp³-hybridized carbons (Fsp3) is 0.833. The summed E-state index contributed by atoms with van der Waals surface area (Å²) in [4.78, 5) is 4.20. The zero-order valence-corrected chi connectivity index (χ0v) is 10.7. The fourth-order valence-electron chi connectivity index (χ4n) is 3.25. The molecule has 5 heteroatoms. The molecule has 1 aliphatic heterocycles. The van der Waals surface area contributed by atoms with Crippen molar-refractivity contribution in [2.45, 2.75) is 56.0 Å². The van der Waals surface area contributed by atoms with Gasteiger partial charge in [-0.15, -0.1) is 11.6 Å². The Morgan fingerprint density at radius 3 is 3.06 bits per heavy atom. The van der Waals surface area contributed by atoms with E-state index in [1.807, 2.05) is 4.68 Å². The third kappa shape index (κ3) is 2.08. The predicted molar refractivity (Wildman–Crippen MR) is 65.0 cm³/mol. The molecule has 1 aromatic heterocycles. The predicted octanol–water partition coefficient (Wildman–Crippen LogP) is 2.68. The zero-order chi connectivity index (χ0) is 11.7. The molecular weight excluding hydrogens is 238 g/mol. The van der Waals surface area contributed by atoms with Gasteiger partial charge in [-0.3, -0.25) is 0 Å². The first-order valence-corrected chi connectivity index (χ1v) is 6.95. The van der Waals surface area contributed by atoms with E-state index in [2.05, 4.69) is 10.1 Å². The van der Waals surface area contributed by atoms with Crippen LogP contribution in [0.15, 0.2) is 6.33 Å². The van der Waals surface area contributed by atoms with Crippen LogP contribution >= 0.6 is 11.6 Å². The Balaban J connectivity index is 1.79. The summed E-state index contributed by atoms with van der Waals surface area (Å²) in [6.45, 7) is 0.840. The van der Waals surface area contributed by atoms with Crippen molar-refractivity contribution < 1.29 is 4.74 Å². The van der Waals surface area contributed by atoms with E-state index in [1.165, 1.54) is 25.7 Å². The van der Waals surface area contributed by atoms with Gasteiger partial charge >= 0.3 is 0 Å². The van der Waals surface area contributed by atoms with E-state index in [-0.39, 0.29) is 5.60 Å². The Labute approximate surface area is 106 Å². The van der Waals surface area contributed by atoms with Gasteiger partial charge in [-0.2, -0.15) is 5.10 Å². The molecule has 3 rings (SSSR count). The summed E-state index contributed by atoms with van der Waals surface area (Å²) < 4.78 is 8.04. The van der Waals surface area contributed by atoms with Gasteiger partial charge in [0.25, 0.3) is 0 Å². The van der Waals surface area contributed by atoms with Crippen LogP contribution in [-0.2, 0) is 10.6 Å². The van der Waals surface area contributed by atoms with Gasteiger partial charge in [0.1, 0.15) is 12.2 Å².